The van der Waals surface area contributed by atoms with Crippen LogP contribution in [0.15, 0.2) is 0 Å². The summed E-state index contributed by atoms with van der Waals surface area (Å²) in [5.41, 5.74) is -0.474. The molecule has 0 bridgehead atoms. The van der Waals surface area contributed by atoms with E-state index < -0.39 is 5.41 Å². The Bertz CT molecular complexity index is 310. The lowest BCUT2D eigenvalue weighted by Crippen LogP contribution is -2.43. The van der Waals surface area contributed by atoms with Crippen LogP contribution in [0.25, 0.3) is 0 Å². The van der Waals surface area contributed by atoms with Crippen molar-refractivity contribution >= 4 is 27.8 Å². The lowest BCUT2D eigenvalue weighted by Gasteiger charge is -2.29. The van der Waals surface area contributed by atoms with Gasteiger partial charge in [-0.2, -0.15) is 0 Å². The molecule has 0 aromatic carbocycles. The number of nitrogens with one attached hydrogen (secondary N) is 1. The van der Waals surface area contributed by atoms with Crippen molar-refractivity contribution in [2.75, 3.05) is 11.9 Å². The maximum atomic E-state index is 12.0. The molecule has 1 rings (SSSR count). The summed E-state index contributed by atoms with van der Waals surface area (Å²) < 4.78 is 5.34. The normalized spacial score (nSPS) is 16.4. The molecule has 19 heavy (non-hydrogen) atoms. The molecule has 4 nitrogen and oxygen atoms in total. The minimum absolute atomic E-state index is 0.0597. The number of hydrogen-bond acceptors (Lipinski definition) is 3. The van der Waals surface area contributed by atoms with E-state index in [1.54, 1.807) is 0 Å². The molecule has 0 heterocycles. The first-order valence-corrected chi connectivity index (χ1v) is 8.24. The van der Waals surface area contributed by atoms with Crippen LogP contribution >= 0.6 is 15.9 Å². The van der Waals surface area contributed by atoms with Gasteiger partial charge < -0.3 is 10.1 Å². The van der Waals surface area contributed by atoms with Gasteiger partial charge in [0, 0.05) is 12.0 Å². The van der Waals surface area contributed by atoms with Gasteiger partial charge in [-0.15, -0.1) is 0 Å². The monoisotopic (exact) mass is 333 g/mol. The molecular weight excluding hydrogens is 310 g/mol. The Morgan fingerprint density at radius 1 is 1.26 bits per heavy atom. The minimum atomic E-state index is -0.474. The molecule has 1 N–H and O–H groups in total. The Labute approximate surface area is 123 Å². The Morgan fingerprint density at radius 2 is 1.84 bits per heavy atom. The number of alkyl halides is 1. The zero-order chi connectivity index (χ0) is 14.3. The fourth-order valence-electron chi connectivity index (χ4n) is 2.58. The number of amides is 1. The molecule has 1 fully saturated rings. The number of halogens is 1. The molecule has 1 saturated carbocycles. The molecule has 1 aliphatic carbocycles. The summed E-state index contributed by atoms with van der Waals surface area (Å²) in [6, 6.07) is 0. The highest BCUT2D eigenvalue weighted by Gasteiger charge is 2.34. The first kappa shape index (κ1) is 16.5. The van der Waals surface area contributed by atoms with Crippen LogP contribution in [-0.2, 0) is 9.53 Å². The topological polar surface area (TPSA) is 55.4 Å². The number of carbonyl (C=O) groups excluding carboxylic acids is 2. The van der Waals surface area contributed by atoms with E-state index in [2.05, 4.69) is 21.2 Å². The van der Waals surface area contributed by atoms with Gasteiger partial charge >= 0.3 is 6.09 Å². The molecule has 0 aliphatic heterocycles. The SMILES string of the molecule is CCC(CC)(CNC(=O)OC1CCCC1)C(=O)CBr. The second kappa shape index (κ2) is 7.88. The van der Waals surface area contributed by atoms with Crippen molar-refractivity contribution in [3.05, 3.63) is 0 Å². The molecular formula is C14H24BrNO3. The quantitative estimate of drug-likeness (QED) is 0.726. The number of Topliss-reactive ketones (excluding diaryl/α,β-unsaturated/α-hetero) is 1. The lowest BCUT2D eigenvalue weighted by molar-refractivity contribution is -0.126. The number of carbonyl (C=O) groups is 2. The van der Waals surface area contributed by atoms with Crippen molar-refractivity contribution < 1.29 is 14.3 Å². The van der Waals surface area contributed by atoms with E-state index in [4.69, 9.17) is 4.74 Å². The zero-order valence-electron chi connectivity index (χ0n) is 11.8. The van der Waals surface area contributed by atoms with Crippen LogP contribution in [0.1, 0.15) is 52.4 Å². The highest BCUT2D eigenvalue weighted by Crippen LogP contribution is 2.28. The third kappa shape index (κ3) is 4.48. The van der Waals surface area contributed by atoms with E-state index in [1.807, 2.05) is 13.8 Å². The van der Waals surface area contributed by atoms with E-state index >= 15 is 0 Å². The summed E-state index contributed by atoms with van der Waals surface area (Å²) in [4.78, 5) is 23.7. The number of alkyl carbamates (subject to hydrolysis) is 1. The van der Waals surface area contributed by atoms with Crippen molar-refractivity contribution in [2.24, 2.45) is 5.41 Å². The highest BCUT2D eigenvalue weighted by molar-refractivity contribution is 9.09. The largest absolute Gasteiger partial charge is 0.446 e. The van der Waals surface area contributed by atoms with Gasteiger partial charge in [0.2, 0.25) is 0 Å². The molecule has 110 valence electrons. The molecule has 0 saturated heterocycles. The van der Waals surface area contributed by atoms with E-state index in [9.17, 15) is 9.59 Å². The van der Waals surface area contributed by atoms with Gasteiger partial charge in [0.1, 0.15) is 6.10 Å². The van der Waals surface area contributed by atoms with Crippen LogP contribution in [0.2, 0.25) is 0 Å². The van der Waals surface area contributed by atoms with Gasteiger partial charge in [0.15, 0.2) is 5.78 Å². The summed E-state index contributed by atoms with van der Waals surface area (Å²) in [6.07, 6.45) is 5.29. The summed E-state index contributed by atoms with van der Waals surface area (Å²) in [7, 11) is 0. The second-order valence-corrected chi connectivity index (χ2v) is 5.77. The average Bonchev–Trinajstić information content (AvgIpc) is 2.92. The Kier molecular flexibility index (Phi) is 6.83. The van der Waals surface area contributed by atoms with Crippen LogP contribution in [0, 0.1) is 5.41 Å². The summed E-state index contributed by atoms with van der Waals surface area (Å²) in [6.45, 7) is 4.32. The van der Waals surface area contributed by atoms with Crippen LogP contribution in [0.4, 0.5) is 4.79 Å². The van der Waals surface area contributed by atoms with Gasteiger partial charge in [0.25, 0.3) is 0 Å². The zero-order valence-corrected chi connectivity index (χ0v) is 13.4. The van der Waals surface area contributed by atoms with Gasteiger partial charge in [-0.05, 0) is 38.5 Å². The van der Waals surface area contributed by atoms with Crippen LogP contribution in [-0.4, -0.2) is 29.9 Å². The van der Waals surface area contributed by atoms with Gasteiger partial charge in [-0.1, -0.05) is 29.8 Å². The average molecular weight is 334 g/mol. The molecule has 1 aliphatic rings. The first-order chi connectivity index (χ1) is 9.07. The lowest BCUT2D eigenvalue weighted by atomic mass is 9.79. The van der Waals surface area contributed by atoms with Crippen molar-refractivity contribution in [3.63, 3.8) is 0 Å². The van der Waals surface area contributed by atoms with Crippen molar-refractivity contribution in [1.82, 2.24) is 5.32 Å². The van der Waals surface area contributed by atoms with Crippen LogP contribution in [0.3, 0.4) is 0 Å². The number of ether oxygens (including phenoxy) is 1. The molecule has 5 heteroatoms. The summed E-state index contributed by atoms with van der Waals surface area (Å²) >= 11 is 3.22. The summed E-state index contributed by atoms with van der Waals surface area (Å²) in [5, 5.41) is 3.09. The third-order valence-electron chi connectivity index (χ3n) is 4.21. The predicted molar refractivity (Wildman–Crippen MR) is 78.6 cm³/mol. The minimum Gasteiger partial charge on any atom is -0.446 e. The van der Waals surface area contributed by atoms with Gasteiger partial charge in [-0.25, -0.2) is 4.79 Å². The molecule has 0 unspecified atom stereocenters. The Balaban J connectivity index is 2.46. The smallest absolute Gasteiger partial charge is 0.407 e. The van der Waals surface area contributed by atoms with Crippen molar-refractivity contribution in [2.45, 2.75) is 58.5 Å². The fourth-order valence-corrected chi connectivity index (χ4v) is 3.17. The van der Waals surface area contributed by atoms with Gasteiger partial charge in [-0.3, -0.25) is 4.79 Å². The molecule has 0 atom stereocenters. The van der Waals surface area contributed by atoms with Gasteiger partial charge in [0.05, 0.1) is 5.33 Å². The molecule has 0 spiro atoms. The van der Waals surface area contributed by atoms with Crippen molar-refractivity contribution in [1.29, 1.82) is 0 Å². The maximum absolute atomic E-state index is 12.0. The van der Waals surface area contributed by atoms with E-state index in [0.29, 0.717) is 11.9 Å². The molecule has 0 radical (unpaired) electrons. The first-order valence-electron chi connectivity index (χ1n) is 7.11. The number of rotatable bonds is 7. The van der Waals surface area contributed by atoms with Crippen LogP contribution in [0.5, 0.6) is 0 Å². The van der Waals surface area contributed by atoms with E-state index in [1.165, 1.54) is 0 Å². The Morgan fingerprint density at radius 3 is 2.32 bits per heavy atom. The van der Waals surface area contributed by atoms with E-state index in [-0.39, 0.29) is 18.0 Å². The fraction of sp³-hybridized carbons (Fsp3) is 0.857. The third-order valence-corrected chi connectivity index (χ3v) is 4.72. The van der Waals surface area contributed by atoms with Crippen molar-refractivity contribution in [3.8, 4) is 0 Å². The number of hydrogen-bond donors (Lipinski definition) is 1. The Hall–Kier alpha value is -0.580. The second-order valence-electron chi connectivity index (χ2n) is 5.21. The maximum Gasteiger partial charge on any atom is 0.407 e. The van der Waals surface area contributed by atoms with Crippen LogP contribution < -0.4 is 5.32 Å². The molecule has 0 aromatic heterocycles. The molecule has 1 amide bonds. The molecule has 0 aromatic rings. The predicted octanol–water partition coefficient (Wildman–Crippen LogP) is 3.43. The van der Waals surface area contributed by atoms with E-state index in [0.717, 1.165) is 38.5 Å². The standard InChI is InChI=1S/C14H24BrNO3/c1-3-14(4-2,12(17)9-15)10-16-13(18)19-11-7-5-6-8-11/h11H,3-10H2,1-2H3,(H,16,18). The summed E-state index contributed by atoms with van der Waals surface area (Å²) in [5.74, 6) is 0.138. The number of ketones is 1. The highest BCUT2D eigenvalue weighted by atomic mass is 79.9.